The molecule has 0 unspecified atom stereocenters. The molecule has 0 spiro atoms. The first-order valence-electron chi connectivity index (χ1n) is 5.24. The van der Waals surface area contributed by atoms with E-state index in [1.807, 2.05) is 0 Å². The zero-order chi connectivity index (χ0) is 14.8. The molecule has 0 saturated carbocycles. The molecule has 0 bridgehead atoms. The monoisotopic (exact) mass is 291 g/mol. The number of halogens is 3. The van der Waals surface area contributed by atoms with Crippen LogP contribution in [0.4, 0.5) is 8.78 Å². The second-order valence-corrected chi connectivity index (χ2v) is 4.72. The van der Waals surface area contributed by atoms with Gasteiger partial charge >= 0.3 is 5.97 Å². The molecule has 1 N–H and O–H groups in total. The number of amides is 1. The lowest BCUT2D eigenvalue weighted by Gasteiger charge is -2.23. The minimum Gasteiger partial charge on any atom is -0.467 e. The fraction of sp³-hybridized carbons (Fsp3) is 0.333. The SMILES string of the molecule is COC(=O)C(C)(C)NC(=O)c1cc(F)c(F)cc1Cl. The fourth-order valence-corrected chi connectivity index (χ4v) is 1.59. The van der Waals surface area contributed by atoms with E-state index < -0.39 is 29.0 Å². The van der Waals surface area contributed by atoms with Crippen LogP contribution in [0.2, 0.25) is 5.02 Å². The molecule has 1 amide bonds. The molecular weight excluding hydrogens is 280 g/mol. The van der Waals surface area contributed by atoms with E-state index in [9.17, 15) is 18.4 Å². The van der Waals surface area contributed by atoms with Crippen LogP contribution < -0.4 is 5.32 Å². The molecule has 1 rings (SSSR count). The van der Waals surface area contributed by atoms with Gasteiger partial charge in [0.05, 0.1) is 17.7 Å². The first-order valence-corrected chi connectivity index (χ1v) is 5.62. The van der Waals surface area contributed by atoms with Gasteiger partial charge in [0, 0.05) is 0 Å². The van der Waals surface area contributed by atoms with Crippen molar-refractivity contribution in [2.24, 2.45) is 0 Å². The van der Waals surface area contributed by atoms with E-state index in [4.69, 9.17) is 11.6 Å². The van der Waals surface area contributed by atoms with Gasteiger partial charge in [-0.3, -0.25) is 4.79 Å². The smallest absolute Gasteiger partial charge is 0.330 e. The molecule has 0 saturated heterocycles. The zero-order valence-electron chi connectivity index (χ0n) is 10.5. The molecule has 0 aromatic heterocycles. The minimum atomic E-state index is -1.32. The Hall–Kier alpha value is -1.69. The maximum atomic E-state index is 13.1. The second kappa shape index (κ2) is 5.52. The summed E-state index contributed by atoms with van der Waals surface area (Å²) in [7, 11) is 1.17. The van der Waals surface area contributed by atoms with E-state index in [0.717, 1.165) is 0 Å². The topological polar surface area (TPSA) is 55.4 Å². The minimum absolute atomic E-state index is 0.253. The summed E-state index contributed by atoms with van der Waals surface area (Å²) in [6, 6.07) is 1.36. The Bertz CT molecular complexity index is 532. The lowest BCUT2D eigenvalue weighted by atomic mass is 10.0. The molecule has 1 aromatic rings. The molecule has 0 heterocycles. The number of ether oxygens (including phenoxy) is 1. The van der Waals surface area contributed by atoms with Gasteiger partial charge in [-0.15, -0.1) is 0 Å². The van der Waals surface area contributed by atoms with E-state index in [1.54, 1.807) is 0 Å². The summed E-state index contributed by atoms with van der Waals surface area (Å²) in [5.41, 5.74) is -1.59. The lowest BCUT2D eigenvalue weighted by Crippen LogP contribution is -2.50. The maximum Gasteiger partial charge on any atom is 0.330 e. The van der Waals surface area contributed by atoms with Crippen LogP contribution in [-0.4, -0.2) is 24.5 Å². The summed E-state index contributed by atoms with van der Waals surface area (Å²) in [5, 5.41) is 2.07. The summed E-state index contributed by atoms with van der Waals surface area (Å²) >= 11 is 5.65. The standard InChI is InChI=1S/C12H12ClF2NO3/c1-12(2,11(18)19-3)16-10(17)6-4-8(14)9(15)5-7(6)13/h4-5H,1-3H3,(H,16,17). The van der Waals surface area contributed by atoms with Crippen molar-refractivity contribution < 1.29 is 23.1 Å². The van der Waals surface area contributed by atoms with Crippen LogP contribution in [0.5, 0.6) is 0 Å². The van der Waals surface area contributed by atoms with Crippen molar-refractivity contribution >= 4 is 23.5 Å². The number of carbonyl (C=O) groups is 2. The average Bonchev–Trinajstić information content (AvgIpc) is 2.31. The molecule has 1 aromatic carbocycles. The molecule has 0 aliphatic rings. The van der Waals surface area contributed by atoms with Gasteiger partial charge in [-0.2, -0.15) is 0 Å². The summed E-state index contributed by atoms with van der Waals surface area (Å²) in [6.45, 7) is 2.81. The van der Waals surface area contributed by atoms with E-state index in [2.05, 4.69) is 10.1 Å². The van der Waals surface area contributed by atoms with Crippen molar-refractivity contribution in [3.63, 3.8) is 0 Å². The Balaban J connectivity index is 3.03. The third-order valence-corrected chi connectivity index (χ3v) is 2.69. The third kappa shape index (κ3) is 3.41. The van der Waals surface area contributed by atoms with Crippen molar-refractivity contribution in [1.29, 1.82) is 0 Å². The van der Waals surface area contributed by atoms with Gasteiger partial charge in [-0.1, -0.05) is 11.6 Å². The van der Waals surface area contributed by atoms with E-state index in [1.165, 1.54) is 21.0 Å². The van der Waals surface area contributed by atoms with Crippen LogP contribution in [0.3, 0.4) is 0 Å². The van der Waals surface area contributed by atoms with E-state index in [0.29, 0.717) is 12.1 Å². The zero-order valence-corrected chi connectivity index (χ0v) is 11.3. The summed E-state index contributed by atoms with van der Waals surface area (Å²) in [6.07, 6.45) is 0. The van der Waals surface area contributed by atoms with Crippen LogP contribution in [0.1, 0.15) is 24.2 Å². The molecule has 0 radical (unpaired) electrons. The van der Waals surface area contributed by atoms with Crippen LogP contribution >= 0.6 is 11.6 Å². The Morgan fingerprint density at radius 2 is 1.79 bits per heavy atom. The van der Waals surface area contributed by atoms with Crippen LogP contribution in [0.15, 0.2) is 12.1 Å². The molecule has 0 atom stereocenters. The summed E-state index contributed by atoms with van der Waals surface area (Å²) < 4.78 is 30.5. The highest BCUT2D eigenvalue weighted by Crippen LogP contribution is 2.20. The average molecular weight is 292 g/mol. The predicted molar refractivity (Wildman–Crippen MR) is 64.9 cm³/mol. The number of rotatable bonds is 3. The Kier molecular flexibility index (Phi) is 4.47. The van der Waals surface area contributed by atoms with Crippen LogP contribution in [0.25, 0.3) is 0 Å². The lowest BCUT2D eigenvalue weighted by molar-refractivity contribution is -0.146. The number of hydrogen-bond donors (Lipinski definition) is 1. The van der Waals surface area contributed by atoms with Crippen molar-refractivity contribution in [3.8, 4) is 0 Å². The molecule has 4 nitrogen and oxygen atoms in total. The molecular formula is C12H12ClF2NO3. The highest BCUT2D eigenvalue weighted by atomic mass is 35.5. The first-order chi connectivity index (χ1) is 8.69. The largest absolute Gasteiger partial charge is 0.467 e. The highest BCUT2D eigenvalue weighted by molar-refractivity contribution is 6.33. The van der Waals surface area contributed by atoms with E-state index in [-0.39, 0.29) is 10.6 Å². The molecule has 19 heavy (non-hydrogen) atoms. The molecule has 0 aliphatic heterocycles. The van der Waals surface area contributed by atoms with Crippen LogP contribution in [-0.2, 0) is 9.53 Å². The van der Waals surface area contributed by atoms with Gasteiger partial charge < -0.3 is 10.1 Å². The highest BCUT2D eigenvalue weighted by Gasteiger charge is 2.31. The number of nitrogens with one attached hydrogen (secondary N) is 1. The Morgan fingerprint density at radius 3 is 2.32 bits per heavy atom. The molecule has 7 heteroatoms. The number of hydrogen-bond acceptors (Lipinski definition) is 3. The van der Waals surface area contributed by atoms with Crippen molar-refractivity contribution in [3.05, 3.63) is 34.4 Å². The number of methoxy groups -OCH3 is 1. The normalized spacial score (nSPS) is 11.1. The summed E-state index contributed by atoms with van der Waals surface area (Å²) in [4.78, 5) is 23.3. The van der Waals surface area contributed by atoms with Crippen molar-refractivity contribution in [2.75, 3.05) is 7.11 Å². The van der Waals surface area contributed by atoms with Gasteiger partial charge in [-0.05, 0) is 26.0 Å². The van der Waals surface area contributed by atoms with Gasteiger partial charge in [-0.25, -0.2) is 13.6 Å². The quantitative estimate of drug-likeness (QED) is 0.687. The van der Waals surface area contributed by atoms with E-state index >= 15 is 0 Å². The Labute approximate surface area is 113 Å². The maximum absolute atomic E-state index is 13.1. The third-order valence-electron chi connectivity index (χ3n) is 2.38. The van der Waals surface area contributed by atoms with Gasteiger partial charge in [0.15, 0.2) is 11.6 Å². The van der Waals surface area contributed by atoms with Crippen LogP contribution in [0, 0.1) is 11.6 Å². The number of carbonyl (C=O) groups excluding carboxylic acids is 2. The molecule has 0 aliphatic carbocycles. The number of esters is 1. The van der Waals surface area contributed by atoms with Gasteiger partial charge in [0.1, 0.15) is 5.54 Å². The van der Waals surface area contributed by atoms with Crippen molar-refractivity contribution in [2.45, 2.75) is 19.4 Å². The fourth-order valence-electron chi connectivity index (χ4n) is 1.35. The molecule has 104 valence electrons. The Morgan fingerprint density at radius 1 is 1.26 bits per heavy atom. The predicted octanol–water partition coefficient (Wildman–Crippen LogP) is 2.30. The second-order valence-electron chi connectivity index (χ2n) is 4.32. The van der Waals surface area contributed by atoms with Crippen molar-refractivity contribution in [1.82, 2.24) is 5.32 Å². The van der Waals surface area contributed by atoms with Gasteiger partial charge in [0.25, 0.3) is 5.91 Å². The first kappa shape index (κ1) is 15.4. The van der Waals surface area contributed by atoms with Gasteiger partial charge in [0.2, 0.25) is 0 Å². The summed E-state index contributed by atoms with van der Waals surface area (Å²) in [5.74, 6) is -3.85. The molecule has 0 fully saturated rings. The number of benzene rings is 1.